The smallest absolute Gasteiger partial charge is 0.240 e. The van der Waals surface area contributed by atoms with Gasteiger partial charge in [-0.1, -0.05) is 5.16 Å². The van der Waals surface area contributed by atoms with Gasteiger partial charge in [0.1, 0.15) is 0 Å². The molecule has 6 nitrogen and oxygen atoms in total. The first-order valence-electron chi connectivity index (χ1n) is 6.15. The second-order valence-corrected chi connectivity index (χ2v) is 5.65. The molecule has 0 saturated carbocycles. The highest BCUT2D eigenvalue weighted by molar-refractivity contribution is 7.99. The van der Waals surface area contributed by atoms with Crippen molar-refractivity contribution in [2.45, 2.75) is 18.9 Å². The highest BCUT2D eigenvalue weighted by atomic mass is 32.2. The molecule has 2 unspecified atom stereocenters. The van der Waals surface area contributed by atoms with Crippen molar-refractivity contribution in [2.75, 3.05) is 18.6 Å². The number of thioether (sulfide) groups is 1. The lowest BCUT2D eigenvalue weighted by Crippen LogP contribution is -2.31. The van der Waals surface area contributed by atoms with Crippen molar-refractivity contribution in [1.82, 2.24) is 25.4 Å². The Morgan fingerprint density at radius 2 is 2.05 bits per heavy atom. The van der Waals surface area contributed by atoms with E-state index in [0.717, 1.165) is 17.1 Å². The molecule has 3 heterocycles. The minimum atomic E-state index is 0.265. The van der Waals surface area contributed by atoms with Crippen molar-refractivity contribution < 1.29 is 4.52 Å². The minimum Gasteiger partial charge on any atom is -0.338 e. The molecule has 1 N–H and O–H groups in total. The van der Waals surface area contributed by atoms with E-state index in [0.29, 0.717) is 23.6 Å². The highest BCUT2D eigenvalue weighted by Gasteiger charge is 2.32. The molecule has 3 rings (SSSR count). The number of hydrogen-bond donors (Lipinski definition) is 1. The van der Waals surface area contributed by atoms with Gasteiger partial charge < -0.3 is 9.84 Å². The van der Waals surface area contributed by atoms with Crippen LogP contribution < -0.4 is 5.32 Å². The molecule has 2 aromatic rings. The van der Waals surface area contributed by atoms with Crippen LogP contribution in [0.15, 0.2) is 16.9 Å². The lowest BCUT2D eigenvalue weighted by atomic mass is 10.0. The van der Waals surface area contributed by atoms with E-state index in [9.17, 15) is 0 Å². The van der Waals surface area contributed by atoms with Crippen molar-refractivity contribution in [3.05, 3.63) is 23.8 Å². The van der Waals surface area contributed by atoms with E-state index in [1.54, 1.807) is 12.4 Å². The van der Waals surface area contributed by atoms with Crippen molar-refractivity contribution in [3.8, 4) is 11.6 Å². The molecule has 2 atom stereocenters. The molecule has 19 heavy (non-hydrogen) atoms. The van der Waals surface area contributed by atoms with Crippen LogP contribution >= 0.6 is 11.8 Å². The molecule has 1 aliphatic rings. The van der Waals surface area contributed by atoms with Crippen molar-refractivity contribution >= 4 is 11.8 Å². The normalized spacial score (nSPS) is 22.8. The Kier molecular flexibility index (Phi) is 3.48. The van der Waals surface area contributed by atoms with Crippen LogP contribution in [-0.4, -0.2) is 44.7 Å². The molecule has 0 spiro atoms. The number of aryl methyl sites for hydroxylation is 1. The molecule has 1 saturated heterocycles. The van der Waals surface area contributed by atoms with Crippen LogP contribution in [0.2, 0.25) is 0 Å². The fourth-order valence-corrected chi connectivity index (χ4v) is 3.48. The monoisotopic (exact) mass is 277 g/mol. The van der Waals surface area contributed by atoms with Gasteiger partial charge in [-0.15, -0.1) is 0 Å². The van der Waals surface area contributed by atoms with Gasteiger partial charge in [-0.25, -0.2) is 9.97 Å². The largest absolute Gasteiger partial charge is 0.338 e. The number of likely N-dealkylation sites (N-methyl/N-ethyl adjacent to an activating group) is 1. The average Bonchev–Trinajstić information content (AvgIpc) is 3.07. The fraction of sp³-hybridized carbons (Fsp3) is 0.500. The van der Waals surface area contributed by atoms with E-state index in [1.165, 1.54) is 0 Å². The van der Waals surface area contributed by atoms with Gasteiger partial charge in [-0.2, -0.15) is 16.7 Å². The third kappa shape index (κ3) is 2.48. The van der Waals surface area contributed by atoms with E-state index in [2.05, 4.69) is 25.4 Å². The molecule has 0 aromatic carbocycles. The summed E-state index contributed by atoms with van der Waals surface area (Å²) in [6.07, 6.45) is 3.50. The predicted octanol–water partition coefficient (Wildman–Crippen LogP) is 1.25. The zero-order valence-corrected chi connectivity index (χ0v) is 11.6. The zero-order valence-electron chi connectivity index (χ0n) is 10.8. The van der Waals surface area contributed by atoms with Gasteiger partial charge in [0.25, 0.3) is 0 Å². The molecule has 0 amide bonds. The van der Waals surface area contributed by atoms with Crippen LogP contribution in [0.1, 0.15) is 17.4 Å². The molecule has 2 aromatic heterocycles. The molecular formula is C12H15N5OS. The maximum atomic E-state index is 5.37. The van der Waals surface area contributed by atoms with Gasteiger partial charge in [0.15, 0.2) is 0 Å². The average molecular weight is 277 g/mol. The third-order valence-electron chi connectivity index (χ3n) is 3.19. The van der Waals surface area contributed by atoms with Gasteiger partial charge >= 0.3 is 0 Å². The third-order valence-corrected chi connectivity index (χ3v) is 4.38. The summed E-state index contributed by atoms with van der Waals surface area (Å²) in [5, 5.41) is 7.27. The Balaban J connectivity index is 1.85. The van der Waals surface area contributed by atoms with Crippen LogP contribution in [0.3, 0.4) is 0 Å². The number of rotatable bonds is 3. The first-order chi connectivity index (χ1) is 9.28. The summed E-state index contributed by atoms with van der Waals surface area (Å²) < 4.78 is 5.37. The van der Waals surface area contributed by atoms with Gasteiger partial charge in [-0.05, 0) is 19.5 Å². The van der Waals surface area contributed by atoms with E-state index in [-0.39, 0.29) is 5.92 Å². The first kappa shape index (κ1) is 12.6. The van der Waals surface area contributed by atoms with Gasteiger partial charge in [0, 0.05) is 29.9 Å². The van der Waals surface area contributed by atoms with Crippen molar-refractivity contribution in [3.63, 3.8) is 0 Å². The number of nitrogens with one attached hydrogen (secondary N) is 1. The van der Waals surface area contributed by atoms with Crippen LogP contribution in [-0.2, 0) is 0 Å². The van der Waals surface area contributed by atoms with Crippen LogP contribution in [0.25, 0.3) is 11.6 Å². The van der Waals surface area contributed by atoms with Gasteiger partial charge in [-0.3, -0.25) is 0 Å². The zero-order chi connectivity index (χ0) is 13.2. The molecule has 0 radical (unpaired) electrons. The lowest BCUT2D eigenvalue weighted by molar-refractivity contribution is 0.344. The maximum absolute atomic E-state index is 5.37. The molecule has 0 bridgehead atoms. The maximum Gasteiger partial charge on any atom is 0.240 e. The second kappa shape index (κ2) is 5.26. The van der Waals surface area contributed by atoms with Gasteiger partial charge in [0.2, 0.25) is 17.5 Å². The second-order valence-electron chi connectivity index (χ2n) is 4.58. The standard InChI is InChI=1S/C12H15N5OS/c1-7-3-14-10(15-4-7)11-16-12(18-17-11)8-5-19-6-9(8)13-2/h3-4,8-9,13H,5-6H2,1-2H3. The van der Waals surface area contributed by atoms with Crippen LogP contribution in [0.5, 0.6) is 0 Å². The Hall–Kier alpha value is -1.47. The number of hydrogen-bond acceptors (Lipinski definition) is 7. The molecule has 7 heteroatoms. The lowest BCUT2D eigenvalue weighted by Gasteiger charge is -2.13. The predicted molar refractivity (Wildman–Crippen MR) is 73.0 cm³/mol. The van der Waals surface area contributed by atoms with E-state index in [1.807, 2.05) is 25.7 Å². The Morgan fingerprint density at radius 3 is 2.79 bits per heavy atom. The molecule has 1 fully saturated rings. The Morgan fingerprint density at radius 1 is 1.26 bits per heavy atom. The molecule has 0 aliphatic carbocycles. The first-order valence-corrected chi connectivity index (χ1v) is 7.31. The Labute approximate surface area is 115 Å². The highest BCUT2D eigenvalue weighted by Crippen LogP contribution is 2.32. The Bertz CT molecular complexity index is 556. The summed E-state index contributed by atoms with van der Waals surface area (Å²) in [6, 6.07) is 0.386. The summed E-state index contributed by atoms with van der Waals surface area (Å²) in [7, 11) is 1.96. The van der Waals surface area contributed by atoms with Crippen LogP contribution in [0.4, 0.5) is 0 Å². The number of nitrogens with zero attached hydrogens (tertiary/aromatic N) is 4. The van der Waals surface area contributed by atoms with Crippen molar-refractivity contribution in [2.24, 2.45) is 0 Å². The summed E-state index contributed by atoms with van der Waals surface area (Å²) in [5.74, 6) is 3.97. The minimum absolute atomic E-state index is 0.265. The number of aromatic nitrogens is 4. The van der Waals surface area contributed by atoms with E-state index in [4.69, 9.17) is 4.52 Å². The summed E-state index contributed by atoms with van der Waals surface area (Å²) in [5.41, 5.74) is 1.01. The SMILES string of the molecule is CNC1CSCC1c1nc(-c2ncc(C)cn2)no1. The van der Waals surface area contributed by atoms with E-state index >= 15 is 0 Å². The summed E-state index contributed by atoms with van der Waals surface area (Å²) in [4.78, 5) is 12.9. The topological polar surface area (TPSA) is 76.7 Å². The molecule has 100 valence electrons. The van der Waals surface area contributed by atoms with Gasteiger partial charge in [0.05, 0.1) is 5.92 Å². The van der Waals surface area contributed by atoms with Crippen molar-refractivity contribution in [1.29, 1.82) is 0 Å². The summed E-state index contributed by atoms with van der Waals surface area (Å²) in [6.45, 7) is 1.94. The summed E-state index contributed by atoms with van der Waals surface area (Å²) >= 11 is 1.90. The fourth-order valence-electron chi connectivity index (χ4n) is 2.07. The molecule has 1 aliphatic heterocycles. The quantitative estimate of drug-likeness (QED) is 0.904. The van der Waals surface area contributed by atoms with E-state index < -0.39 is 0 Å². The van der Waals surface area contributed by atoms with Crippen LogP contribution in [0, 0.1) is 6.92 Å². The molecular weight excluding hydrogens is 262 g/mol.